The zero-order valence-corrected chi connectivity index (χ0v) is 21.8. The number of fused-ring (bicyclic) bond motifs is 1. The lowest BCUT2D eigenvalue weighted by Crippen LogP contribution is -2.53. The summed E-state index contributed by atoms with van der Waals surface area (Å²) in [5.74, 6) is 1.67. The van der Waals surface area contributed by atoms with E-state index in [4.69, 9.17) is 14.6 Å². The molecule has 8 heteroatoms. The van der Waals surface area contributed by atoms with Crippen LogP contribution in [0.25, 0.3) is 0 Å². The lowest BCUT2D eigenvalue weighted by Gasteiger charge is -2.43. The van der Waals surface area contributed by atoms with Gasteiger partial charge in [0.1, 0.15) is 0 Å². The Morgan fingerprint density at radius 1 is 0.919 bits per heavy atom. The van der Waals surface area contributed by atoms with Crippen LogP contribution in [0.15, 0.2) is 47.8 Å². The molecule has 2 atom stereocenters. The highest BCUT2D eigenvalue weighted by Crippen LogP contribution is 2.40. The Bertz CT molecular complexity index is 1140. The fourth-order valence-corrected chi connectivity index (χ4v) is 5.90. The van der Waals surface area contributed by atoms with Gasteiger partial charge >= 0.3 is 0 Å². The normalized spacial score (nSPS) is 22.3. The van der Waals surface area contributed by atoms with Gasteiger partial charge in [0.05, 0.1) is 25.0 Å². The number of aromatic nitrogens is 1. The van der Waals surface area contributed by atoms with Crippen molar-refractivity contribution >= 4 is 17.5 Å². The second-order valence-electron chi connectivity index (χ2n) is 9.95. The molecule has 37 heavy (non-hydrogen) atoms. The van der Waals surface area contributed by atoms with Crippen molar-refractivity contribution in [3.05, 3.63) is 53.9 Å². The van der Waals surface area contributed by atoms with Crippen molar-refractivity contribution in [1.82, 2.24) is 14.9 Å². The average molecular weight is 505 g/mol. The van der Waals surface area contributed by atoms with Crippen LogP contribution in [0.2, 0.25) is 0 Å². The van der Waals surface area contributed by atoms with Gasteiger partial charge in [-0.2, -0.15) is 5.10 Å². The van der Waals surface area contributed by atoms with Crippen LogP contribution in [-0.4, -0.2) is 64.8 Å². The highest BCUT2D eigenvalue weighted by molar-refractivity contribution is 6.07. The Balaban J connectivity index is 1.40. The molecule has 2 aromatic rings. The molecule has 1 aromatic heterocycles. The molecule has 3 heterocycles. The van der Waals surface area contributed by atoms with E-state index >= 15 is 0 Å². The van der Waals surface area contributed by atoms with Crippen LogP contribution in [0, 0.1) is 11.8 Å². The van der Waals surface area contributed by atoms with Crippen molar-refractivity contribution in [1.29, 1.82) is 0 Å². The van der Waals surface area contributed by atoms with Gasteiger partial charge in [0.2, 0.25) is 5.91 Å². The molecule has 1 aromatic carbocycles. The number of pyridine rings is 1. The highest BCUT2D eigenvalue weighted by atomic mass is 16.5. The number of ether oxygens (including phenoxy) is 2. The van der Waals surface area contributed by atoms with E-state index in [9.17, 15) is 9.59 Å². The van der Waals surface area contributed by atoms with E-state index in [1.807, 2.05) is 36.9 Å². The van der Waals surface area contributed by atoms with Gasteiger partial charge in [-0.25, -0.2) is 5.01 Å². The molecule has 196 valence electrons. The molecule has 1 saturated carbocycles. The third-order valence-electron chi connectivity index (χ3n) is 7.74. The SMILES string of the molecule is CCOc1ccc(C2=NN(C3CCN(C(=O)c4ccncc4)CC3)C(=O)C3CCCCC23)cc1OCC. The summed E-state index contributed by atoms with van der Waals surface area (Å²) in [7, 11) is 0. The molecule has 0 N–H and O–H groups in total. The van der Waals surface area contributed by atoms with Gasteiger partial charge in [0, 0.05) is 48.4 Å². The van der Waals surface area contributed by atoms with Crippen molar-refractivity contribution in [2.24, 2.45) is 16.9 Å². The molecule has 2 unspecified atom stereocenters. The number of hydrazone groups is 1. The molecule has 3 aliphatic rings. The topological polar surface area (TPSA) is 84.3 Å². The summed E-state index contributed by atoms with van der Waals surface area (Å²) in [6.07, 6.45) is 8.75. The number of hydrogen-bond acceptors (Lipinski definition) is 6. The minimum Gasteiger partial charge on any atom is -0.490 e. The zero-order chi connectivity index (χ0) is 25.8. The Kier molecular flexibility index (Phi) is 7.72. The second kappa shape index (κ2) is 11.3. The van der Waals surface area contributed by atoms with Crippen LogP contribution < -0.4 is 9.47 Å². The second-order valence-corrected chi connectivity index (χ2v) is 9.95. The molecule has 1 aliphatic carbocycles. The maximum absolute atomic E-state index is 13.7. The number of carbonyl (C=O) groups is 2. The van der Waals surface area contributed by atoms with Gasteiger partial charge in [0.15, 0.2) is 11.5 Å². The maximum atomic E-state index is 13.7. The van der Waals surface area contributed by atoms with Crippen LogP contribution in [-0.2, 0) is 4.79 Å². The molecule has 1 saturated heterocycles. The van der Waals surface area contributed by atoms with Crippen molar-refractivity contribution in [3.63, 3.8) is 0 Å². The molecule has 0 radical (unpaired) electrons. The minimum atomic E-state index is -0.0418. The van der Waals surface area contributed by atoms with Gasteiger partial charge in [-0.3, -0.25) is 14.6 Å². The molecular formula is C29H36N4O4. The molecule has 0 spiro atoms. The third kappa shape index (κ3) is 5.20. The zero-order valence-electron chi connectivity index (χ0n) is 21.8. The van der Waals surface area contributed by atoms with E-state index in [1.165, 1.54) is 0 Å². The number of hydrogen-bond donors (Lipinski definition) is 0. The molecular weight excluding hydrogens is 468 g/mol. The van der Waals surface area contributed by atoms with Gasteiger partial charge in [0.25, 0.3) is 5.91 Å². The highest BCUT2D eigenvalue weighted by Gasteiger charge is 2.44. The summed E-state index contributed by atoms with van der Waals surface area (Å²) in [5, 5.41) is 6.80. The van der Waals surface area contributed by atoms with Crippen LogP contribution in [0.3, 0.4) is 0 Å². The predicted octanol–water partition coefficient (Wildman–Crippen LogP) is 4.54. The fraction of sp³-hybridized carbons (Fsp3) is 0.517. The van der Waals surface area contributed by atoms with Gasteiger partial charge in [-0.15, -0.1) is 0 Å². The number of piperidine rings is 1. The Morgan fingerprint density at radius 2 is 1.59 bits per heavy atom. The quantitative estimate of drug-likeness (QED) is 0.553. The maximum Gasteiger partial charge on any atom is 0.253 e. The molecule has 8 nitrogen and oxygen atoms in total. The van der Waals surface area contributed by atoms with E-state index in [0.29, 0.717) is 50.5 Å². The minimum absolute atomic E-state index is 0.0130. The van der Waals surface area contributed by atoms with Crippen molar-refractivity contribution < 1.29 is 19.1 Å². The first-order chi connectivity index (χ1) is 18.1. The number of nitrogens with zero attached hydrogens (tertiary/aromatic N) is 4. The molecule has 2 fully saturated rings. The van der Waals surface area contributed by atoms with Crippen molar-refractivity contribution in [3.8, 4) is 11.5 Å². The smallest absolute Gasteiger partial charge is 0.253 e. The number of rotatable bonds is 7. The molecule has 5 rings (SSSR count). The van der Waals surface area contributed by atoms with Crippen LogP contribution in [0.4, 0.5) is 0 Å². The molecule has 0 bridgehead atoms. The first-order valence-electron chi connectivity index (χ1n) is 13.6. The van der Waals surface area contributed by atoms with Crippen LogP contribution >= 0.6 is 0 Å². The summed E-state index contributed by atoms with van der Waals surface area (Å²) < 4.78 is 11.7. The lowest BCUT2D eigenvalue weighted by molar-refractivity contribution is -0.142. The Hall–Kier alpha value is -3.42. The van der Waals surface area contributed by atoms with Gasteiger partial charge < -0.3 is 14.4 Å². The number of carbonyl (C=O) groups excluding carboxylic acids is 2. The summed E-state index contributed by atoms with van der Waals surface area (Å²) in [5.41, 5.74) is 2.61. The van der Waals surface area contributed by atoms with E-state index in [2.05, 4.69) is 4.98 Å². The monoisotopic (exact) mass is 504 g/mol. The van der Waals surface area contributed by atoms with Crippen molar-refractivity contribution in [2.75, 3.05) is 26.3 Å². The van der Waals surface area contributed by atoms with Crippen LogP contribution in [0.1, 0.15) is 68.3 Å². The number of amides is 2. The summed E-state index contributed by atoms with van der Waals surface area (Å²) in [6, 6.07) is 9.49. The van der Waals surface area contributed by atoms with E-state index in [-0.39, 0.29) is 29.7 Å². The van der Waals surface area contributed by atoms with E-state index < -0.39 is 0 Å². The number of benzene rings is 1. The lowest BCUT2D eigenvalue weighted by atomic mass is 9.73. The standard InChI is InChI=1S/C29H36N4O4/c1-3-36-25-10-9-21(19-26(25)37-4-2)27-23-7-5-6-8-24(23)29(35)33(31-27)22-13-17-32(18-14-22)28(34)20-11-15-30-16-12-20/h9-12,15-16,19,22-24H,3-8,13-14,17-18H2,1-2H3. The Labute approximate surface area is 218 Å². The van der Waals surface area contributed by atoms with Gasteiger partial charge in [-0.1, -0.05) is 12.8 Å². The first kappa shape index (κ1) is 25.2. The van der Waals surface area contributed by atoms with E-state index in [1.54, 1.807) is 29.5 Å². The molecule has 2 aliphatic heterocycles. The van der Waals surface area contributed by atoms with Gasteiger partial charge in [-0.05, 0) is 69.9 Å². The number of likely N-dealkylation sites (tertiary alicyclic amines) is 1. The average Bonchev–Trinajstić information content (AvgIpc) is 2.95. The van der Waals surface area contributed by atoms with Crippen LogP contribution in [0.5, 0.6) is 11.5 Å². The predicted molar refractivity (Wildman–Crippen MR) is 141 cm³/mol. The third-order valence-corrected chi connectivity index (χ3v) is 7.74. The summed E-state index contributed by atoms with van der Waals surface area (Å²) in [4.78, 5) is 32.4. The summed E-state index contributed by atoms with van der Waals surface area (Å²) in [6.45, 7) is 6.24. The molecule has 2 amide bonds. The fourth-order valence-electron chi connectivity index (χ4n) is 5.90. The largest absolute Gasteiger partial charge is 0.490 e. The van der Waals surface area contributed by atoms with Crippen molar-refractivity contribution in [2.45, 2.75) is 58.4 Å². The summed E-state index contributed by atoms with van der Waals surface area (Å²) >= 11 is 0. The first-order valence-corrected chi connectivity index (χ1v) is 13.6. The Morgan fingerprint density at radius 3 is 2.30 bits per heavy atom. The van der Waals surface area contributed by atoms with E-state index in [0.717, 1.165) is 42.7 Å².